The van der Waals surface area contributed by atoms with Crippen LogP contribution in [-0.2, 0) is 24.8 Å². The van der Waals surface area contributed by atoms with Crippen LogP contribution < -0.4 is 0 Å². The van der Waals surface area contributed by atoms with Crippen molar-refractivity contribution in [3.8, 4) is 0 Å². The Balaban J connectivity index is 1.68. The molecule has 8 nitrogen and oxygen atoms in total. The molecule has 31 heavy (non-hydrogen) atoms. The zero-order valence-corrected chi connectivity index (χ0v) is 18.6. The number of nitrogens with zero attached hydrogens (tertiary/aromatic N) is 3. The van der Waals surface area contributed by atoms with Crippen LogP contribution in [0.15, 0.2) is 70.5 Å². The average molecular weight is 464 g/mol. The molecule has 166 valence electrons. The highest BCUT2D eigenvalue weighted by atomic mass is 32.2. The predicted molar refractivity (Wildman–Crippen MR) is 115 cm³/mol. The van der Waals surface area contributed by atoms with E-state index in [1.54, 1.807) is 41.3 Å². The lowest BCUT2D eigenvalue weighted by Gasteiger charge is -2.40. The minimum Gasteiger partial charge on any atom is -0.341 e. The van der Waals surface area contributed by atoms with Crippen LogP contribution in [-0.4, -0.2) is 75.0 Å². The van der Waals surface area contributed by atoms with Crippen molar-refractivity contribution in [3.63, 3.8) is 0 Å². The van der Waals surface area contributed by atoms with Gasteiger partial charge in [-0.1, -0.05) is 36.4 Å². The highest BCUT2D eigenvalue weighted by Gasteiger charge is 2.44. The van der Waals surface area contributed by atoms with Crippen LogP contribution in [0.1, 0.15) is 12.8 Å². The van der Waals surface area contributed by atoms with Crippen LogP contribution in [0, 0.1) is 0 Å². The molecule has 2 aliphatic rings. The van der Waals surface area contributed by atoms with Crippen molar-refractivity contribution in [2.45, 2.75) is 28.7 Å². The van der Waals surface area contributed by atoms with Crippen molar-refractivity contribution >= 4 is 26.0 Å². The van der Waals surface area contributed by atoms with Gasteiger partial charge in [-0.25, -0.2) is 16.8 Å². The van der Waals surface area contributed by atoms with Crippen LogP contribution in [0.3, 0.4) is 0 Å². The number of likely N-dealkylation sites (tertiary alicyclic amines) is 1. The van der Waals surface area contributed by atoms with Gasteiger partial charge in [0.1, 0.15) is 6.04 Å². The fraction of sp³-hybridized carbons (Fsp3) is 0.381. The Bertz CT molecular complexity index is 1130. The van der Waals surface area contributed by atoms with E-state index >= 15 is 0 Å². The summed E-state index contributed by atoms with van der Waals surface area (Å²) in [4.78, 5) is 15.1. The van der Waals surface area contributed by atoms with Crippen molar-refractivity contribution in [2.24, 2.45) is 0 Å². The van der Waals surface area contributed by atoms with Crippen LogP contribution in [0.25, 0.3) is 0 Å². The lowest BCUT2D eigenvalue weighted by atomic mass is 10.2. The molecule has 0 saturated carbocycles. The van der Waals surface area contributed by atoms with Gasteiger partial charge in [-0.05, 0) is 37.1 Å². The number of benzene rings is 2. The largest absolute Gasteiger partial charge is 0.341 e. The molecule has 2 saturated heterocycles. The van der Waals surface area contributed by atoms with E-state index in [1.807, 2.05) is 0 Å². The van der Waals surface area contributed by atoms with Crippen molar-refractivity contribution < 1.29 is 21.6 Å². The summed E-state index contributed by atoms with van der Waals surface area (Å²) in [5, 5.41) is 0. The van der Waals surface area contributed by atoms with E-state index in [0.717, 1.165) is 12.8 Å². The lowest BCUT2D eigenvalue weighted by molar-refractivity contribution is -0.135. The van der Waals surface area contributed by atoms with Gasteiger partial charge in [0.15, 0.2) is 0 Å². The molecule has 0 unspecified atom stereocenters. The first kappa shape index (κ1) is 21.9. The minimum atomic E-state index is -3.95. The molecule has 0 N–H and O–H groups in total. The third-order valence-electron chi connectivity index (χ3n) is 5.73. The number of piperazine rings is 1. The molecule has 2 aromatic carbocycles. The number of sulfonamides is 2. The molecule has 0 bridgehead atoms. The second kappa shape index (κ2) is 8.70. The highest BCUT2D eigenvalue weighted by Crippen LogP contribution is 2.27. The van der Waals surface area contributed by atoms with Crippen molar-refractivity contribution in [3.05, 3.63) is 60.7 Å². The summed E-state index contributed by atoms with van der Waals surface area (Å²) in [5.41, 5.74) is 0. The van der Waals surface area contributed by atoms with E-state index in [9.17, 15) is 21.6 Å². The van der Waals surface area contributed by atoms with E-state index in [-0.39, 0.29) is 35.3 Å². The van der Waals surface area contributed by atoms with Crippen molar-refractivity contribution in [2.75, 3.05) is 32.7 Å². The van der Waals surface area contributed by atoms with E-state index < -0.39 is 26.1 Å². The topological polar surface area (TPSA) is 95.1 Å². The summed E-state index contributed by atoms with van der Waals surface area (Å²) in [6.45, 7) is 0.791. The Morgan fingerprint density at radius 3 is 1.77 bits per heavy atom. The summed E-state index contributed by atoms with van der Waals surface area (Å²) in [6.07, 6.45) is 1.71. The second-order valence-corrected chi connectivity index (χ2v) is 11.5. The van der Waals surface area contributed by atoms with E-state index in [1.165, 1.54) is 32.9 Å². The first-order valence-electron chi connectivity index (χ1n) is 10.2. The molecule has 1 amide bonds. The van der Waals surface area contributed by atoms with Crippen LogP contribution in [0.4, 0.5) is 0 Å². The molecule has 0 aliphatic carbocycles. The van der Waals surface area contributed by atoms with Gasteiger partial charge in [0.2, 0.25) is 26.0 Å². The van der Waals surface area contributed by atoms with Gasteiger partial charge in [0.05, 0.1) is 9.79 Å². The Morgan fingerprint density at radius 2 is 1.23 bits per heavy atom. The molecule has 0 aromatic heterocycles. The average Bonchev–Trinajstić information content (AvgIpc) is 3.34. The van der Waals surface area contributed by atoms with Gasteiger partial charge in [-0.3, -0.25) is 4.79 Å². The summed E-state index contributed by atoms with van der Waals surface area (Å²) in [7, 11) is -7.80. The second-order valence-electron chi connectivity index (χ2n) is 7.65. The zero-order valence-electron chi connectivity index (χ0n) is 17.0. The van der Waals surface area contributed by atoms with E-state index in [4.69, 9.17) is 0 Å². The van der Waals surface area contributed by atoms with Gasteiger partial charge in [-0.15, -0.1) is 0 Å². The molecular weight excluding hydrogens is 438 g/mol. The van der Waals surface area contributed by atoms with Crippen molar-refractivity contribution in [1.29, 1.82) is 0 Å². The highest BCUT2D eigenvalue weighted by molar-refractivity contribution is 7.89. The molecule has 2 heterocycles. The molecule has 10 heteroatoms. The maximum atomic E-state index is 13.3. The maximum absolute atomic E-state index is 13.3. The number of hydrogen-bond donors (Lipinski definition) is 0. The Hall–Kier alpha value is -2.27. The van der Waals surface area contributed by atoms with Gasteiger partial charge in [0, 0.05) is 32.7 Å². The Kier molecular flexibility index (Phi) is 6.16. The van der Waals surface area contributed by atoms with Crippen LogP contribution in [0.5, 0.6) is 0 Å². The van der Waals surface area contributed by atoms with E-state index in [0.29, 0.717) is 13.1 Å². The molecule has 2 aliphatic heterocycles. The van der Waals surface area contributed by atoms with Gasteiger partial charge in [-0.2, -0.15) is 8.61 Å². The zero-order chi connectivity index (χ0) is 22.1. The first-order valence-corrected chi connectivity index (χ1v) is 13.1. The molecule has 1 atom stereocenters. The maximum Gasteiger partial charge on any atom is 0.243 e. The third-order valence-corrected chi connectivity index (χ3v) is 9.53. The Morgan fingerprint density at radius 1 is 0.710 bits per heavy atom. The number of hydrogen-bond acceptors (Lipinski definition) is 5. The minimum absolute atomic E-state index is 0.0208. The predicted octanol–water partition coefficient (Wildman–Crippen LogP) is 1.37. The quantitative estimate of drug-likeness (QED) is 0.668. The van der Waals surface area contributed by atoms with Crippen LogP contribution in [0.2, 0.25) is 0 Å². The summed E-state index contributed by atoms with van der Waals surface area (Å²) < 4.78 is 55.3. The summed E-state index contributed by atoms with van der Waals surface area (Å²) >= 11 is 0. The van der Waals surface area contributed by atoms with E-state index in [2.05, 4.69) is 0 Å². The molecule has 0 spiro atoms. The smallest absolute Gasteiger partial charge is 0.243 e. The normalized spacial score (nSPS) is 21.3. The molecule has 2 aromatic rings. The van der Waals surface area contributed by atoms with Gasteiger partial charge >= 0.3 is 0 Å². The first-order chi connectivity index (χ1) is 14.8. The number of carbonyl (C=O) groups excluding carboxylic acids is 1. The SMILES string of the molecule is O=C([C@H]1CN(S(=O)(=O)c2ccccc2)CCN1S(=O)(=O)c1ccccc1)N1CCCC1. The standard InChI is InChI=1S/C21H25N3O5S2/c25-21(22-13-7-8-14-22)20-17-23(30(26,27)18-9-3-1-4-10-18)15-16-24(20)31(28,29)19-11-5-2-6-12-19/h1-6,9-12,20H,7-8,13-17H2/t20-/m1/s1. The molecule has 4 rings (SSSR count). The number of carbonyl (C=O) groups is 1. The summed E-state index contributed by atoms with van der Waals surface area (Å²) in [6, 6.07) is 14.8. The molecular formula is C21H25N3O5S2. The van der Waals surface area contributed by atoms with Crippen molar-refractivity contribution in [1.82, 2.24) is 13.5 Å². The number of rotatable bonds is 5. The van der Waals surface area contributed by atoms with Crippen LogP contribution >= 0.6 is 0 Å². The monoisotopic (exact) mass is 463 g/mol. The fourth-order valence-corrected chi connectivity index (χ4v) is 7.11. The Labute approximate surface area is 183 Å². The number of amides is 1. The lowest BCUT2D eigenvalue weighted by Crippen LogP contribution is -2.61. The molecule has 2 fully saturated rings. The third kappa shape index (κ3) is 4.25. The van der Waals surface area contributed by atoms with Gasteiger partial charge in [0.25, 0.3) is 0 Å². The molecule has 0 radical (unpaired) electrons. The fourth-order valence-electron chi connectivity index (χ4n) is 4.07. The summed E-state index contributed by atoms with van der Waals surface area (Å²) in [5.74, 6) is -0.343. The van der Waals surface area contributed by atoms with Gasteiger partial charge < -0.3 is 4.90 Å².